The van der Waals surface area contributed by atoms with Gasteiger partial charge in [0.1, 0.15) is 6.10 Å². The lowest BCUT2D eigenvalue weighted by Crippen LogP contribution is -2.46. The third kappa shape index (κ3) is 40.9. The molecule has 0 aromatic heterocycles. The Labute approximate surface area is 354 Å². The van der Waals surface area contributed by atoms with E-state index in [1.165, 1.54) is 148 Å². The number of carbonyl (C=O) groups excluding carboxylic acids is 2. The summed E-state index contributed by atoms with van der Waals surface area (Å²) >= 11 is 0. The summed E-state index contributed by atoms with van der Waals surface area (Å²) in [6.45, 7) is 6.38. The molecule has 6 heteroatoms. The number of carbonyl (C=O) groups is 2. The van der Waals surface area contributed by atoms with Crippen LogP contribution in [-0.4, -0.2) is 46.9 Å². The molecule has 0 fully saturated rings. The Morgan fingerprint density at radius 1 is 0.526 bits per heavy atom. The predicted octanol–water partition coefficient (Wildman–Crippen LogP) is 14.7. The Hall–Kier alpha value is -1.66. The van der Waals surface area contributed by atoms with Crippen LogP contribution >= 0.6 is 0 Å². The van der Waals surface area contributed by atoms with Gasteiger partial charge in [0.2, 0.25) is 5.91 Å². The van der Waals surface area contributed by atoms with Crippen LogP contribution in [0.25, 0.3) is 0 Å². The van der Waals surface area contributed by atoms with Gasteiger partial charge in [-0.05, 0) is 51.4 Å². The van der Waals surface area contributed by atoms with E-state index >= 15 is 0 Å². The van der Waals surface area contributed by atoms with Gasteiger partial charge in [-0.1, -0.05) is 225 Å². The molecule has 6 nitrogen and oxygen atoms in total. The number of hydrogen-bond acceptors (Lipinski definition) is 5. The SMILES string of the molecule is CC/C=C/C/C=C/CCCCCCCC(CC(=O)NC(CO)C(O)CCCCCCCCCCCCCCCCC)OC(=O)CCCCCCCCCCCCC. The first kappa shape index (κ1) is 55.3. The number of aliphatic hydroxyl groups excluding tert-OH is 2. The maximum absolute atomic E-state index is 13.2. The van der Waals surface area contributed by atoms with Gasteiger partial charge in [0.25, 0.3) is 0 Å². The molecule has 1 amide bonds. The molecule has 0 rings (SSSR count). The smallest absolute Gasteiger partial charge is 0.306 e. The molecular formula is C51H97NO5. The topological polar surface area (TPSA) is 95.9 Å². The number of ether oxygens (including phenoxy) is 1. The monoisotopic (exact) mass is 804 g/mol. The van der Waals surface area contributed by atoms with E-state index in [4.69, 9.17) is 4.74 Å². The number of nitrogens with one attached hydrogen (secondary N) is 1. The maximum atomic E-state index is 13.2. The van der Waals surface area contributed by atoms with E-state index in [0.717, 1.165) is 70.6 Å². The minimum atomic E-state index is -0.786. The molecule has 57 heavy (non-hydrogen) atoms. The van der Waals surface area contributed by atoms with Crippen LogP contribution in [0.15, 0.2) is 24.3 Å². The van der Waals surface area contributed by atoms with Crippen molar-refractivity contribution in [3.05, 3.63) is 24.3 Å². The highest BCUT2D eigenvalue weighted by atomic mass is 16.5. The lowest BCUT2D eigenvalue weighted by atomic mass is 10.0. The zero-order valence-electron chi connectivity index (χ0n) is 38.2. The van der Waals surface area contributed by atoms with Gasteiger partial charge in [-0.3, -0.25) is 9.59 Å². The van der Waals surface area contributed by atoms with Crippen LogP contribution < -0.4 is 5.32 Å². The lowest BCUT2D eigenvalue weighted by molar-refractivity contribution is -0.151. The summed E-state index contributed by atoms with van der Waals surface area (Å²) < 4.78 is 5.91. The highest BCUT2D eigenvalue weighted by Gasteiger charge is 2.24. The molecule has 0 spiro atoms. The fourth-order valence-electron chi connectivity index (χ4n) is 7.76. The van der Waals surface area contributed by atoms with Crippen molar-refractivity contribution < 1.29 is 24.5 Å². The summed E-state index contributed by atoms with van der Waals surface area (Å²) in [6, 6.07) is -0.700. The van der Waals surface area contributed by atoms with Crippen LogP contribution in [-0.2, 0) is 14.3 Å². The van der Waals surface area contributed by atoms with Gasteiger partial charge >= 0.3 is 5.97 Å². The number of unbranched alkanes of at least 4 members (excludes halogenated alkanes) is 29. The van der Waals surface area contributed by atoms with Crippen molar-refractivity contribution in [2.24, 2.45) is 0 Å². The molecule has 0 aliphatic carbocycles. The molecule has 3 atom stereocenters. The van der Waals surface area contributed by atoms with Crippen molar-refractivity contribution in [1.82, 2.24) is 5.32 Å². The minimum Gasteiger partial charge on any atom is -0.462 e. The molecule has 3 N–H and O–H groups in total. The summed E-state index contributed by atoms with van der Waals surface area (Å²) in [4.78, 5) is 26.0. The highest BCUT2D eigenvalue weighted by Crippen LogP contribution is 2.18. The van der Waals surface area contributed by atoms with Crippen LogP contribution in [0.3, 0.4) is 0 Å². The summed E-state index contributed by atoms with van der Waals surface area (Å²) in [5.41, 5.74) is 0. The van der Waals surface area contributed by atoms with Gasteiger partial charge in [-0.15, -0.1) is 0 Å². The number of hydrogen-bond donors (Lipinski definition) is 3. The zero-order chi connectivity index (χ0) is 41.7. The third-order valence-electron chi connectivity index (χ3n) is 11.5. The zero-order valence-corrected chi connectivity index (χ0v) is 38.2. The second kappa shape index (κ2) is 45.4. The largest absolute Gasteiger partial charge is 0.462 e. The molecule has 336 valence electrons. The first-order chi connectivity index (χ1) is 28.0. The predicted molar refractivity (Wildman–Crippen MR) is 246 cm³/mol. The van der Waals surface area contributed by atoms with Gasteiger partial charge in [0.15, 0.2) is 0 Å². The summed E-state index contributed by atoms with van der Waals surface area (Å²) in [5, 5.41) is 23.7. The summed E-state index contributed by atoms with van der Waals surface area (Å²) in [7, 11) is 0. The number of esters is 1. The van der Waals surface area contributed by atoms with E-state index in [0.29, 0.717) is 19.3 Å². The second-order valence-corrected chi connectivity index (χ2v) is 17.2. The van der Waals surface area contributed by atoms with Crippen LogP contribution in [0, 0.1) is 0 Å². The van der Waals surface area contributed by atoms with Gasteiger partial charge < -0.3 is 20.3 Å². The van der Waals surface area contributed by atoms with Gasteiger partial charge in [0, 0.05) is 6.42 Å². The van der Waals surface area contributed by atoms with E-state index < -0.39 is 18.2 Å². The lowest BCUT2D eigenvalue weighted by Gasteiger charge is -2.24. The van der Waals surface area contributed by atoms with E-state index in [-0.39, 0.29) is 24.9 Å². The number of rotatable bonds is 45. The van der Waals surface area contributed by atoms with Crippen molar-refractivity contribution in [2.75, 3.05) is 6.61 Å². The molecule has 0 saturated heterocycles. The summed E-state index contributed by atoms with van der Waals surface area (Å²) in [5.74, 6) is -0.478. The van der Waals surface area contributed by atoms with Crippen LogP contribution in [0.2, 0.25) is 0 Å². The summed E-state index contributed by atoms with van der Waals surface area (Å²) in [6.07, 6.45) is 50.9. The Kier molecular flexibility index (Phi) is 44.1. The molecule has 0 saturated carbocycles. The normalized spacial score (nSPS) is 13.4. The standard InChI is InChI=1S/C51H97NO5/c1-4-7-10-13-16-19-22-24-25-26-29-31-34-37-40-43-49(54)48(46-53)52-50(55)45-47(42-39-36-33-30-28-23-20-17-14-11-8-5-2)57-51(56)44-41-38-35-32-27-21-18-15-12-9-6-3/h8,11,17,20,47-49,53-54H,4-7,9-10,12-16,18-19,21-46H2,1-3H3,(H,52,55)/b11-8+,20-17+. The average molecular weight is 804 g/mol. The first-order valence-corrected chi connectivity index (χ1v) is 25.1. The Morgan fingerprint density at radius 3 is 1.42 bits per heavy atom. The molecule has 0 aromatic carbocycles. The molecule has 3 unspecified atom stereocenters. The van der Waals surface area contributed by atoms with E-state index in [1.54, 1.807) is 0 Å². The minimum absolute atomic E-state index is 0.0729. The third-order valence-corrected chi connectivity index (χ3v) is 11.5. The number of allylic oxidation sites excluding steroid dienone is 4. The molecular weight excluding hydrogens is 707 g/mol. The van der Waals surface area contributed by atoms with Crippen molar-refractivity contribution >= 4 is 11.9 Å². The maximum Gasteiger partial charge on any atom is 0.306 e. The number of aliphatic hydroxyl groups is 2. The molecule has 0 aromatic rings. The molecule has 0 aliphatic rings. The van der Waals surface area contributed by atoms with Gasteiger partial charge in [-0.2, -0.15) is 0 Å². The molecule has 0 heterocycles. The molecule has 0 radical (unpaired) electrons. The Morgan fingerprint density at radius 2 is 0.947 bits per heavy atom. The van der Waals surface area contributed by atoms with Gasteiger partial charge in [0.05, 0.1) is 25.2 Å². The molecule has 0 bridgehead atoms. The van der Waals surface area contributed by atoms with Crippen LogP contribution in [0.5, 0.6) is 0 Å². The van der Waals surface area contributed by atoms with E-state index in [1.807, 2.05) is 0 Å². The molecule has 0 aliphatic heterocycles. The van der Waals surface area contributed by atoms with E-state index in [2.05, 4.69) is 50.4 Å². The second-order valence-electron chi connectivity index (χ2n) is 17.2. The van der Waals surface area contributed by atoms with Crippen molar-refractivity contribution in [3.8, 4) is 0 Å². The van der Waals surface area contributed by atoms with Crippen molar-refractivity contribution in [3.63, 3.8) is 0 Å². The first-order valence-electron chi connectivity index (χ1n) is 25.1. The number of amides is 1. The average Bonchev–Trinajstić information content (AvgIpc) is 3.20. The Bertz CT molecular complexity index is 904. The fourth-order valence-corrected chi connectivity index (χ4v) is 7.76. The highest BCUT2D eigenvalue weighted by molar-refractivity contribution is 5.77. The van der Waals surface area contributed by atoms with E-state index in [9.17, 15) is 19.8 Å². The Balaban J connectivity index is 4.51. The van der Waals surface area contributed by atoms with Crippen LogP contribution in [0.4, 0.5) is 0 Å². The van der Waals surface area contributed by atoms with Crippen molar-refractivity contribution in [2.45, 2.75) is 283 Å². The van der Waals surface area contributed by atoms with Gasteiger partial charge in [-0.25, -0.2) is 0 Å². The quantitative estimate of drug-likeness (QED) is 0.0324. The van der Waals surface area contributed by atoms with Crippen LogP contribution in [0.1, 0.15) is 265 Å². The fraction of sp³-hybridized carbons (Fsp3) is 0.882. The van der Waals surface area contributed by atoms with Crippen molar-refractivity contribution in [1.29, 1.82) is 0 Å².